The normalized spacial score (nSPS) is 11.1. The Morgan fingerprint density at radius 2 is 1.08 bits per heavy atom. The van der Waals surface area contributed by atoms with Crippen molar-refractivity contribution in [2.24, 2.45) is 10.2 Å². The van der Waals surface area contributed by atoms with E-state index in [0.29, 0.717) is 12.1 Å². The summed E-state index contributed by atoms with van der Waals surface area (Å²) < 4.78 is 0. The van der Waals surface area contributed by atoms with Crippen molar-refractivity contribution in [1.29, 1.82) is 0 Å². The highest BCUT2D eigenvalue weighted by atomic mass is 16.2. The largest absolute Gasteiger partial charge is 0.396 e. The van der Waals surface area contributed by atoms with E-state index in [2.05, 4.69) is 56.8 Å². The summed E-state index contributed by atoms with van der Waals surface area (Å²) in [5.74, 6) is -0.0604. The Hall–Kier alpha value is -4.29. The van der Waals surface area contributed by atoms with Crippen molar-refractivity contribution in [2.75, 3.05) is 32.1 Å². The number of amides is 1. The first-order valence-electron chi connectivity index (χ1n) is 13.4. The highest BCUT2D eigenvalue weighted by Crippen LogP contribution is 2.27. The van der Waals surface area contributed by atoms with Gasteiger partial charge in [-0.1, -0.05) is 61.4 Å². The number of aliphatic hydroxyl groups excluding tert-OH is 1. The fourth-order valence-corrected chi connectivity index (χ4v) is 4.22. The minimum Gasteiger partial charge on any atom is -0.396 e. The molecule has 0 saturated heterocycles. The van der Waals surface area contributed by atoms with Crippen LogP contribution in [0.25, 0.3) is 22.3 Å². The summed E-state index contributed by atoms with van der Waals surface area (Å²) in [5.41, 5.74) is 7.79. The van der Waals surface area contributed by atoms with E-state index in [1.54, 1.807) is 0 Å². The average Bonchev–Trinajstić information content (AvgIpc) is 2.98. The number of carbonyl (C=O) groups excluding carboxylic acids is 1. The number of azo groups is 1. The molecule has 2 N–H and O–H groups in total. The minimum atomic E-state index is -0.0604. The van der Waals surface area contributed by atoms with Crippen molar-refractivity contribution < 1.29 is 9.90 Å². The fraction of sp³-hybridized carbons (Fsp3) is 0.242. The van der Waals surface area contributed by atoms with Crippen LogP contribution in [0.2, 0.25) is 0 Å². The Morgan fingerprint density at radius 1 is 0.641 bits per heavy atom. The maximum Gasteiger partial charge on any atom is 0.251 e. The van der Waals surface area contributed by atoms with Gasteiger partial charge < -0.3 is 15.3 Å². The molecule has 1 amide bonds. The average molecular weight is 521 g/mol. The Balaban J connectivity index is 1.30. The molecule has 0 spiro atoms. The third kappa shape index (κ3) is 8.09. The van der Waals surface area contributed by atoms with Gasteiger partial charge in [0.1, 0.15) is 0 Å². The molecule has 39 heavy (non-hydrogen) atoms. The zero-order valence-electron chi connectivity index (χ0n) is 22.7. The molecule has 0 atom stereocenters. The van der Waals surface area contributed by atoms with Crippen molar-refractivity contribution in [3.8, 4) is 22.3 Å². The number of nitrogens with one attached hydrogen (secondary N) is 1. The van der Waals surface area contributed by atoms with Crippen LogP contribution in [0.3, 0.4) is 0 Å². The lowest BCUT2D eigenvalue weighted by molar-refractivity contribution is 0.0953. The zero-order chi connectivity index (χ0) is 27.5. The quantitative estimate of drug-likeness (QED) is 0.148. The molecule has 6 nitrogen and oxygen atoms in total. The van der Waals surface area contributed by atoms with Gasteiger partial charge in [0.15, 0.2) is 0 Å². The lowest BCUT2D eigenvalue weighted by Gasteiger charge is -2.12. The van der Waals surface area contributed by atoms with E-state index < -0.39 is 0 Å². The van der Waals surface area contributed by atoms with Crippen LogP contribution in [0.15, 0.2) is 107 Å². The van der Waals surface area contributed by atoms with Crippen LogP contribution in [0, 0.1) is 0 Å². The van der Waals surface area contributed by atoms with Gasteiger partial charge in [-0.05, 0) is 83.6 Å². The molecule has 0 heterocycles. The minimum absolute atomic E-state index is 0.0604. The van der Waals surface area contributed by atoms with Crippen molar-refractivity contribution in [2.45, 2.75) is 25.7 Å². The van der Waals surface area contributed by atoms with Crippen LogP contribution in [-0.4, -0.2) is 38.3 Å². The van der Waals surface area contributed by atoms with Crippen molar-refractivity contribution >= 4 is 23.0 Å². The lowest BCUT2D eigenvalue weighted by atomic mass is 10.0. The van der Waals surface area contributed by atoms with Gasteiger partial charge in [-0.15, -0.1) is 0 Å². The number of hydrogen-bond acceptors (Lipinski definition) is 5. The van der Waals surface area contributed by atoms with Crippen LogP contribution >= 0.6 is 0 Å². The number of aliphatic hydroxyl groups is 1. The second kappa shape index (κ2) is 14.0. The molecule has 0 unspecified atom stereocenters. The Morgan fingerprint density at radius 3 is 1.54 bits per heavy atom. The van der Waals surface area contributed by atoms with Crippen LogP contribution in [0.4, 0.5) is 17.1 Å². The Bertz CT molecular complexity index is 1350. The third-order valence-corrected chi connectivity index (χ3v) is 6.58. The summed E-state index contributed by atoms with van der Waals surface area (Å²) in [6, 6.07) is 32.1. The Labute approximate surface area is 231 Å². The number of hydrogen-bond donors (Lipinski definition) is 2. The van der Waals surface area contributed by atoms with E-state index in [9.17, 15) is 4.79 Å². The molecule has 0 fully saturated rings. The smallest absolute Gasteiger partial charge is 0.251 e. The second-order valence-electron chi connectivity index (χ2n) is 9.71. The fourth-order valence-electron chi connectivity index (χ4n) is 4.22. The predicted molar refractivity (Wildman–Crippen MR) is 160 cm³/mol. The van der Waals surface area contributed by atoms with Crippen LogP contribution in [0.5, 0.6) is 0 Å². The molecule has 0 aromatic heterocycles. The number of rotatable bonds is 12. The molecular weight excluding hydrogens is 484 g/mol. The topological polar surface area (TPSA) is 77.3 Å². The summed E-state index contributed by atoms with van der Waals surface area (Å²) in [4.78, 5) is 14.5. The molecule has 0 saturated carbocycles. The first kappa shape index (κ1) is 27.7. The summed E-state index contributed by atoms with van der Waals surface area (Å²) in [5, 5.41) is 20.6. The third-order valence-electron chi connectivity index (χ3n) is 6.58. The molecule has 0 aliphatic heterocycles. The van der Waals surface area contributed by atoms with E-state index in [-0.39, 0.29) is 12.5 Å². The maximum absolute atomic E-state index is 12.4. The molecule has 0 bridgehead atoms. The van der Waals surface area contributed by atoms with Crippen molar-refractivity contribution in [1.82, 2.24) is 5.32 Å². The SMILES string of the molecule is CN(C)c1ccc(-c2ccc(/N=N/c3ccc(-c4ccc(C(=O)NCCCCCCO)cc4)cc3)cc2)cc1. The lowest BCUT2D eigenvalue weighted by Crippen LogP contribution is -2.24. The zero-order valence-corrected chi connectivity index (χ0v) is 22.7. The van der Waals surface area contributed by atoms with Crippen LogP contribution in [0.1, 0.15) is 36.0 Å². The highest BCUT2D eigenvalue weighted by Gasteiger charge is 2.06. The van der Waals surface area contributed by atoms with Gasteiger partial charge in [-0.25, -0.2) is 0 Å². The second-order valence-corrected chi connectivity index (χ2v) is 9.71. The number of anilines is 1. The van der Waals surface area contributed by atoms with E-state index in [0.717, 1.165) is 53.7 Å². The van der Waals surface area contributed by atoms with Gasteiger partial charge in [-0.3, -0.25) is 4.79 Å². The Kier molecular flexibility index (Phi) is 9.98. The molecule has 4 aromatic carbocycles. The first-order valence-corrected chi connectivity index (χ1v) is 13.4. The van der Waals surface area contributed by atoms with Gasteiger partial charge >= 0.3 is 0 Å². The molecule has 4 rings (SSSR count). The van der Waals surface area contributed by atoms with Gasteiger partial charge in [-0.2, -0.15) is 10.2 Å². The van der Waals surface area contributed by atoms with Gasteiger partial charge in [0.2, 0.25) is 0 Å². The van der Waals surface area contributed by atoms with E-state index in [1.165, 1.54) is 11.3 Å². The molecule has 6 heteroatoms. The molecular formula is C33H36N4O2. The first-order chi connectivity index (χ1) is 19.0. The van der Waals surface area contributed by atoms with Gasteiger partial charge in [0.25, 0.3) is 5.91 Å². The van der Waals surface area contributed by atoms with E-state index in [4.69, 9.17) is 5.11 Å². The summed E-state index contributed by atoms with van der Waals surface area (Å²) in [6.07, 6.45) is 3.74. The van der Waals surface area contributed by atoms with Gasteiger partial charge in [0, 0.05) is 38.5 Å². The predicted octanol–water partition coefficient (Wildman–Crippen LogP) is 7.78. The number of nitrogens with zero attached hydrogens (tertiary/aromatic N) is 3. The summed E-state index contributed by atoms with van der Waals surface area (Å²) in [7, 11) is 4.07. The maximum atomic E-state index is 12.4. The van der Waals surface area contributed by atoms with Crippen LogP contribution < -0.4 is 10.2 Å². The monoisotopic (exact) mass is 520 g/mol. The number of unbranched alkanes of at least 4 members (excludes halogenated alkanes) is 3. The van der Waals surface area contributed by atoms with Gasteiger partial charge in [0.05, 0.1) is 11.4 Å². The van der Waals surface area contributed by atoms with Crippen LogP contribution in [-0.2, 0) is 0 Å². The molecule has 0 aliphatic rings. The molecule has 0 aliphatic carbocycles. The van der Waals surface area contributed by atoms with E-state index >= 15 is 0 Å². The van der Waals surface area contributed by atoms with E-state index in [1.807, 2.05) is 74.8 Å². The molecule has 0 radical (unpaired) electrons. The van der Waals surface area contributed by atoms with Crippen molar-refractivity contribution in [3.05, 3.63) is 103 Å². The summed E-state index contributed by atoms with van der Waals surface area (Å²) >= 11 is 0. The number of carbonyl (C=O) groups is 1. The molecule has 200 valence electrons. The van der Waals surface area contributed by atoms with Crippen molar-refractivity contribution in [3.63, 3.8) is 0 Å². The molecule has 4 aromatic rings. The number of benzene rings is 4. The highest BCUT2D eigenvalue weighted by molar-refractivity contribution is 5.94. The standard InChI is InChI=1S/C33H36N4O2/c1-37(2)32-21-15-28(16-22-32)27-13-19-31(20-14-27)36-35-30-17-11-26(12-18-30)25-7-9-29(10-8-25)33(39)34-23-5-3-4-6-24-38/h7-22,38H,3-6,23-24H2,1-2H3,(H,34,39)/b36-35+. The summed E-state index contributed by atoms with van der Waals surface area (Å²) in [6.45, 7) is 0.880.